The number of hydrogen-bond acceptors (Lipinski definition) is 4. The molecule has 0 spiro atoms. The van der Waals surface area contributed by atoms with E-state index < -0.39 is 0 Å². The lowest BCUT2D eigenvalue weighted by atomic mass is 10.1. The Morgan fingerprint density at radius 2 is 2.06 bits per heavy atom. The lowest BCUT2D eigenvalue weighted by Gasteiger charge is -2.07. The minimum atomic E-state index is -0.225. The van der Waals surface area contributed by atoms with Gasteiger partial charge < -0.3 is 16.8 Å². The zero-order chi connectivity index (χ0) is 13.1. The third-order valence-electron chi connectivity index (χ3n) is 2.37. The number of halogens is 1. The summed E-state index contributed by atoms with van der Waals surface area (Å²) in [6.45, 7) is 0.431. The quantitative estimate of drug-likeness (QED) is 0.756. The van der Waals surface area contributed by atoms with E-state index in [4.69, 9.17) is 23.1 Å². The minimum absolute atomic E-state index is 0.225. The van der Waals surface area contributed by atoms with Crippen molar-refractivity contribution < 1.29 is 4.79 Å². The predicted octanol–water partition coefficient (Wildman–Crippen LogP) is 2.50. The van der Waals surface area contributed by atoms with E-state index in [0.29, 0.717) is 27.8 Å². The molecule has 6 heteroatoms. The molecular weight excluding hydrogens is 270 g/mol. The Hall–Kier alpha value is -1.72. The first-order valence-corrected chi connectivity index (χ1v) is 6.43. The van der Waals surface area contributed by atoms with E-state index in [2.05, 4.69) is 5.32 Å². The highest BCUT2D eigenvalue weighted by atomic mass is 35.5. The van der Waals surface area contributed by atoms with Gasteiger partial charge in [0, 0.05) is 16.3 Å². The average Bonchev–Trinajstić information content (AvgIpc) is 2.72. The third kappa shape index (κ3) is 2.94. The summed E-state index contributed by atoms with van der Waals surface area (Å²) < 4.78 is 0.700. The van der Waals surface area contributed by atoms with Crippen molar-refractivity contribution in [1.29, 1.82) is 0 Å². The van der Waals surface area contributed by atoms with Crippen LogP contribution in [-0.4, -0.2) is 5.91 Å². The molecule has 18 heavy (non-hydrogen) atoms. The van der Waals surface area contributed by atoms with Crippen molar-refractivity contribution in [2.24, 2.45) is 0 Å². The van der Waals surface area contributed by atoms with Crippen molar-refractivity contribution in [1.82, 2.24) is 5.32 Å². The number of nitrogens with two attached hydrogens (primary N) is 2. The maximum Gasteiger partial charge on any atom is 0.253 e. The van der Waals surface area contributed by atoms with E-state index in [1.807, 2.05) is 6.07 Å². The summed E-state index contributed by atoms with van der Waals surface area (Å²) in [5.74, 6) is -0.225. The molecule has 2 aromatic rings. The standard InChI is InChI=1S/C12H12ClN3OS/c13-11-4-2-8(18-11)6-16-12(17)9-3-1-7(14)5-10(9)15/h1-5H,6,14-15H2,(H,16,17). The number of carbonyl (C=O) groups excluding carboxylic acids is 1. The number of nitrogen functional groups attached to an aromatic ring is 2. The molecule has 0 aliphatic carbocycles. The molecule has 2 rings (SSSR count). The van der Waals surface area contributed by atoms with E-state index in [1.54, 1.807) is 24.3 Å². The van der Waals surface area contributed by atoms with Gasteiger partial charge in [0.25, 0.3) is 5.91 Å². The van der Waals surface area contributed by atoms with E-state index in [9.17, 15) is 4.79 Å². The van der Waals surface area contributed by atoms with Gasteiger partial charge in [-0.25, -0.2) is 0 Å². The predicted molar refractivity (Wildman–Crippen MR) is 75.8 cm³/mol. The van der Waals surface area contributed by atoms with Gasteiger partial charge in [-0.1, -0.05) is 11.6 Å². The molecular formula is C12H12ClN3OS. The summed E-state index contributed by atoms with van der Waals surface area (Å²) >= 11 is 7.24. The average molecular weight is 282 g/mol. The largest absolute Gasteiger partial charge is 0.399 e. The van der Waals surface area contributed by atoms with Gasteiger partial charge in [-0.2, -0.15) is 0 Å². The maximum absolute atomic E-state index is 11.9. The Morgan fingerprint density at radius 1 is 1.28 bits per heavy atom. The highest BCUT2D eigenvalue weighted by Gasteiger charge is 2.09. The van der Waals surface area contributed by atoms with Crippen LogP contribution in [0.15, 0.2) is 30.3 Å². The van der Waals surface area contributed by atoms with E-state index in [-0.39, 0.29) is 5.91 Å². The third-order valence-corrected chi connectivity index (χ3v) is 3.60. The van der Waals surface area contributed by atoms with Crippen LogP contribution >= 0.6 is 22.9 Å². The number of carbonyl (C=O) groups is 1. The molecule has 0 radical (unpaired) electrons. The molecule has 5 N–H and O–H groups in total. The molecule has 1 amide bonds. The van der Waals surface area contributed by atoms with Crippen LogP contribution in [0.3, 0.4) is 0 Å². The fourth-order valence-corrected chi connectivity index (χ4v) is 2.52. The van der Waals surface area contributed by atoms with Crippen molar-refractivity contribution in [2.45, 2.75) is 6.54 Å². The molecule has 1 heterocycles. The van der Waals surface area contributed by atoms with E-state index in [0.717, 1.165) is 4.88 Å². The van der Waals surface area contributed by atoms with Gasteiger partial charge in [-0.05, 0) is 30.3 Å². The van der Waals surface area contributed by atoms with Gasteiger partial charge in [0.1, 0.15) is 0 Å². The second-order valence-corrected chi connectivity index (χ2v) is 5.53. The van der Waals surface area contributed by atoms with E-state index in [1.165, 1.54) is 11.3 Å². The molecule has 94 valence electrons. The van der Waals surface area contributed by atoms with Crippen molar-refractivity contribution in [3.8, 4) is 0 Å². The summed E-state index contributed by atoms with van der Waals surface area (Å²) in [7, 11) is 0. The first-order chi connectivity index (χ1) is 8.56. The van der Waals surface area contributed by atoms with Crippen molar-refractivity contribution in [3.05, 3.63) is 45.1 Å². The molecule has 1 aromatic carbocycles. The Labute approximate surface area is 114 Å². The van der Waals surface area contributed by atoms with Gasteiger partial charge in [0.05, 0.1) is 16.4 Å². The molecule has 0 atom stereocenters. The molecule has 0 saturated carbocycles. The fraction of sp³-hybridized carbons (Fsp3) is 0.0833. The Balaban J connectivity index is 2.03. The van der Waals surface area contributed by atoms with Crippen LogP contribution in [0.2, 0.25) is 4.34 Å². The second kappa shape index (κ2) is 5.29. The van der Waals surface area contributed by atoms with Gasteiger partial charge in [-0.15, -0.1) is 11.3 Å². The molecule has 4 nitrogen and oxygen atoms in total. The summed E-state index contributed by atoms with van der Waals surface area (Å²) in [5, 5.41) is 2.78. The number of hydrogen-bond donors (Lipinski definition) is 3. The van der Waals surface area contributed by atoms with Crippen LogP contribution in [0.4, 0.5) is 11.4 Å². The Bertz CT molecular complexity index is 582. The van der Waals surface area contributed by atoms with E-state index >= 15 is 0 Å². The highest BCUT2D eigenvalue weighted by Crippen LogP contribution is 2.21. The fourth-order valence-electron chi connectivity index (χ4n) is 1.50. The topological polar surface area (TPSA) is 81.1 Å². The van der Waals surface area contributed by atoms with Crippen molar-refractivity contribution >= 4 is 40.2 Å². The first kappa shape index (κ1) is 12.7. The molecule has 1 aromatic heterocycles. The normalized spacial score (nSPS) is 10.3. The SMILES string of the molecule is Nc1ccc(C(=O)NCc2ccc(Cl)s2)c(N)c1. The van der Waals surface area contributed by atoms with Crippen LogP contribution < -0.4 is 16.8 Å². The lowest BCUT2D eigenvalue weighted by molar-refractivity contribution is 0.0952. The highest BCUT2D eigenvalue weighted by molar-refractivity contribution is 7.16. The molecule has 0 fully saturated rings. The van der Waals surface area contributed by atoms with Gasteiger partial charge >= 0.3 is 0 Å². The van der Waals surface area contributed by atoms with Crippen LogP contribution in [0.25, 0.3) is 0 Å². The summed E-state index contributed by atoms with van der Waals surface area (Å²) in [5.41, 5.74) is 12.6. The lowest BCUT2D eigenvalue weighted by Crippen LogP contribution is -2.23. The van der Waals surface area contributed by atoms with Crippen molar-refractivity contribution in [2.75, 3.05) is 11.5 Å². The van der Waals surface area contributed by atoms with Crippen LogP contribution in [-0.2, 0) is 6.54 Å². The Morgan fingerprint density at radius 3 is 2.67 bits per heavy atom. The molecule has 0 aliphatic heterocycles. The number of benzene rings is 1. The van der Waals surface area contributed by atoms with Crippen molar-refractivity contribution in [3.63, 3.8) is 0 Å². The number of anilines is 2. The molecule has 0 saturated heterocycles. The maximum atomic E-state index is 11.9. The van der Waals surface area contributed by atoms with Gasteiger partial charge in [0.2, 0.25) is 0 Å². The summed E-state index contributed by atoms with van der Waals surface area (Å²) in [6.07, 6.45) is 0. The van der Waals surface area contributed by atoms with Gasteiger partial charge in [0.15, 0.2) is 0 Å². The zero-order valence-corrected chi connectivity index (χ0v) is 11.0. The minimum Gasteiger partial charge on any atom is -0.399 e. The number of thiophene rings is 1. The second-order valence-electron chi connectivity index (χ2n) is 3.74. The summed E-state index contributed by atoms with van der Waals surface area (Å²) in [4.78, 5) is 12.9. The zero-order valence-electron chi connectivity index (χ0n) is 9.44. The smallest absolute Gasteiger partial charge is 0.253 e. The number of amides is 1. The Kier molecular flexibility index (Phi) is 3.74. The first-order valence-electron chi connectivity index (χ1n) is 5.23. The molecule has 0 bridgehead atoms. The number of rotatable bonds is 3. The summed E-state index contributed by atoms with van der Waals surface area (Å²) in [6, 6.07) is 8.50. The molecule has 0 unspecified atom stereocenters. The number of nitrogens with one attached hydrogen (secondary N) is 1. The van der Waals surface area contributed by atoms with Crippen LogP contribution in [0.1, 0.15) is 15.2 Å². The van der Waals surface area contributed by atoms with Crippen LogP contribution in [0, 0.1) is 0 Å². The molecule has 0 aliphatic rings. The van der Waals surface area contributed by atoms with Crippen LogP contribution in [0.5, 0.6) is 0 Å². The van der Waals surface area contributed by atoms with Gasteiger partial charge in [-0.3, -0.25) is 4.79 Å². The monoisotopic (exact) mass is 281 g/mol.